The molecule has 2 atom stereocenters. The lowest BCUT2D eigenvalue weighted by Gasteiger charge is -2.37. The van der Waals surface area contributed by atoms with E-state index in [0.717, 1.165) is 23.3 Å². The van der Waals surface area contributed by atoms with Gasteiger partial charge in [0.15, 0.2) is 0 Å². The van der Waals surface area contributed by atoms with Gasteiger partial charge in [0.1, 0.15) is 5.82 Å². The molecule has 6 heteroatoms. The third kappa shape index (κ3) is 3.28. The topological polar surface area (TPSA) is 45.2 Å². The molecule has 4 nitrogen and oxygen atoms in total. The number of rotatable bonds is 3. The predicted octanol–water partition coefficient (Wildman–Crippen LogP) is 3.24. The second-order valence-corrected chi connectivity index (χ2v) is 7.30. The van der Waals surface area contributed by atoms with Crippen LogP contribution in [-0.4, -0.2) is 45.9 Å². The number of nitrogens with zero attached hydrogens (tertiary/aromatic N) is 2. The fraction of sp³-hybridized carbons (Fsp3) is 0.571. The average molecular weight is 358 g/mol. The van der Waals surface area contributed by atoms with Gasteiger partial charge < -0.3 is 10.2 Å². The first-order valence-electron chi connectivity index (χ1n) is 6.86. The standard InChI is InChI=1S/C14H20BrN3OS/c1-4-16-13-12(7-11(15)8-17-13)14(19)18-5-6-20-10(3)9(18)2/h7-10H,4-6H2,1-3H3,(H,16,17). The van der Waals surface area contributed by atoms with Crippen molar-refractivity contribution < 1.29 is 4.79 Å². The van der Waals surface area contributed by atoms with Crippen LogP contribution in [0.5, 0.6) is 0 Å². The van der Waals surface area contributed by atoms with E-state index >= 15 is 0 Å². The summed E-state index contributed by atoms with van der Waals surface area (Å²) >= 11 is 5.33. The molecular formula is C14H20BrN3OS. The summed E-state index contributed by atoms with van der Waals surface area (Å²) in [6.45, 7) is 7.84. The highest BCUT2D eigenvalue weighted by Crippen LogP contribution is 2.27. The van der Waals surface area contributed by atoms with Gasteiger partial charge in [-0.3, -0.25) is 4.79 Å². The van der Waals surface area contributed by atoms with Gasteiger partial charge in [-0.05, 0) is 35.8 Å². The summed E-state index contributed by atoms with van der Waals surface area (Å²) in [5, 5.41) is 3.63. The molecule has 1 aromatic rings. The van der Waals surface area contributed by atoms with Gasteiger partial charge in [0.05, 0.1) is 5.56 Å². The quantitative estimate of drug-likeness (QED) is 0.901. The van der Waals surface area contributed by atoms with Gasteiger partial charge in [-0.1, -0.05) is 6.92 Å². The van der Waals surface area contributed by atoms with E-state index in [1.165, 1.54) is 0 Å². The minimum absolute atomic E-state index is 0.0643. The molecule has 2 unspecified atom stereocenters. The number of aromatic nitrogens is 1. The Balaban J connectivity index is 2.30. The molecule has 1 amide bonds. The van der Waals surface area contributed by atoms with Crippen LogP contribution in [0.1, 0.15) is 31.1 Å². The van der Waals surface area contributed by atoms with E-state index in [0.29, 0.717) is 16.6 Å². The Morgan fingerprint density at radius 1 is 1.60 bits per heavy atom. The molecule has 1 N–H and O–H groups in total. The second kappa shape index (κ2) is 6.80. The fourth-order valence-electron chi connectivity index (χ4n) is 2.29. The van der Waals surface area contributed by atoms with Crippen molar-refractivity contribution >= 4 is 39.4 Å². The van der Waals surface area contributed by atoms with E-state index < -0.39 is 0 Å². The third-order valence-electron chi connectivity index (χ3n) is 3.57. The lowest BCUT2D eigenvalue weighted by atomic mass is 10.1. The second-order valence-electron chi connectivity index (χ2n) is 4.90. The van der Waals surface area contributed by atoms with Gasteiger partial charge in [0.2, 0.25) is 0 Å². The van der Waals surface area contributed by atoms with Crippen molar-refractivity contribution in [2.45, 2.75) is 32.1 Å². The zero-order valence-electron chi connectivity index (χ0n) is 12.0. The minimum atomic E-state index is 0.0643. The SMILES string of the molecule is CCNc1ncc(Br)cc1C(=O)N1CCSC(C)C1C. The smallest absolute Gasteiger partial charge is 0.257 e. The number of hydrogen-bond acceptors (Lipinski definition) is 4. The van der Waals surface area contributed by atoms with Crippen molar-refractivity contribution in [2.75, 3.05) is 24.2 Å². The highest BCUT2D eigenvalue weighted by molar-refractivity contribution is 9.10. The summed E-state index contributed by atoms with van der Waals surface area (Å²) in [4.78, 5) is 19.1. The van der Waals surface area contributed by atoms with Gasteiger partial charge >= 0.3 is 0 Å². The minimum Gasteiger partial charge on any atom is -0.370 e. The Kier molecular flexibility index (Phi) is 5.32. The molecule has 0 spiro atoms. The Morgan fingerprint density at radius 3 is 3.05 bits per heavy atom. The van der Waals surface area contributed by atoms with E-state index in [1.54, 1.807) is 6.20 Å². The highest BCUT2D eigenvalue weighted by Gasteiger charge is 2.30. The third-order valence-corrected chi connectivity index (χ3v) is 5.35. The number of halogens is 1. The average Bonchev–Trinajstić information content (AvgIpc) is 2.43. The number of amides is 1. The molecule has 1 aromatic heterocycles. The summed E-state index contributed by atoms with van der Waals surface area (Å²) in [6, 6.07) is 2.10. The van der Waals surface area contributed by atoms with E-state index in [-0.39, 0.29) is 11.9 Å². The zero-order valence-corrected chi connectivity index (χ0v) is 14.4. The molecule has 2 rings (SSSR count). The van der Waals surface area contributed by atoms with Gasteiger partial charge in [-0.2, -0.15) is 11.8 Å². The number of thioether (sulfide) groups is 1. The summed E-state index contributed by atoms with van der Waals surface area (Å²) < 4.78 is 0.828. The van der Waals surface area contributed by atoms with Crippen LogP contribution >= 0.6 is 27.7 Å². The number of carbonyl (C=O) groups is 1. The molecule has 1 saturated heterocycles. The van der Waals surface area contributed by atoms with Crippen LogP contribution in [0.15, 0.2) is 16.7 Å². The molecular weight excluding hydrogens is 338 g/mol. The Bertz CT molecular complexity index is 497. The lowest BCUT2D eigenvalue weighted by Crippen LogP contribution is -2.48. The van der Waals surface area contributed by atoms with Crippen molar-refractivity contribution in [2.24, 2.45) is 0 Å². The van der Waals surface area contributed by atoms with Crippen molar-refractivity contribution in [1.82, 2.24) is 9.88 Å². The molecule has 0 aliphatic carbocycles. The van der Waals surface area contributed by atoms with Crippen LogP contribution in [0, 0.1) is 0 Å². The van der Waals surface area contributed by atoms with Crippen molar-refractivity contribution in [3.8, 4) is 0 Å². The summed E-state index contributed by atoms with van der Waals surface area (Å²) in [6.07, 6.45) is 1.72. The van der Waals surface area contributed by atoms with Gasteiger partial charge in [-0.15, -0.1) is 0 Å². The molecule has 2 heterocycles. The highest BCUT2D eigenvalue weighted by atomic mass is 79.9. The lowest BCUT2D eigenvalue weighted by molar-refractivity contribution is 0.0698. The van der Waals surface area contributed by atoms with Crippen LogP contribution < -0.4 is 5.32 Å². The normalized spacial score (nSPS) is 22.7. The first-order valence-corrected chi connectivity index (χ1v) is 8.70. The molecule has 1 aliphatic rings. The van der Waals surface area contributed by atoms with Gasteiger partial charge in [-0.25, -0.2) is 4.98 Å². The monoisotopic (exact) mass is 357 g/mol. The van der Waals surface area contributed by atoms with Gasteiger partial charge in [0, 0.05) is 40.8 Å². The zero-order chi connectivity index (χ0) is 14.7. The van der Waals surface area contributed by atoms with E-state index in [4.69, 9.17) is 0 Å². The maximum atomic E-state index is 12.8. The van der Waals surface area contributed by atoms with E-state index in [2.05, 4.69) is 40.1 Å². The fourth-order valence-corrected chi connectivity index (χ4v) is 3.72. The summed E-state index contributed by atoms with van der Waals surface area (Å²) in [5.41, 5.74) is 0.646. The summed E-state index contributed by atoms with van der Waals surface area (Å²) in [5.74, 6) is 1.73. The molecule has 0 aromatic carbocycles. The first-order chi connectivity index (χ1) is 9.54. The Morgan fingerprint density at radius 2 is 2.35 bits per heavy atom. The molecule has 0 radical (unpaired) electrons. The maximum absolute atomic E-state index is 12.8. The van der Waals surface area contributed by atoms with E-state index in [9.17, 15) is 4.79 Å². The van der Waals surface area contributed by atoms with Crippen LogP contribution in [0.25, 0.3) is 0 Å². The van der Waals surface area contributed by atoms with Crippen LogP contribution in [-0.2, 0) is 0 Å². The Labute approximate surface area is 132 Å². The largest absolute Gasteiger partial charge is 0.370 e. The predicted molar refractivity (Wildman–Crippen MR) is 88.5 cm³/mol. The molecule has 1 fully saturated rings. The molecule has 0 saturated carbocycles. The number of carbonyl (C=O) groups excluding carboxylic acids is 1. The maximum Gasteiger partial charge on any atom is 0.257 e. The van der Waals surface area contributed by atoms with Crippen molar-refractivity contribution in [1.29, 1.82) is 0 Å². The Hall–Kier alpha value is -0.750. The van der Waals surface area contributed by atoms with Crippen molar-refractivity contribution in [3.63, 3.8) is 0 Å². The molecule has 0 bridgehead atoms. The first kappa shape index (κ1) is 15.6. The number of pyridine rings is 1. The van der Waals surface area contributed by atoms with Gasteiger partial charge in [0.25, 0.3) is 5.91 Å². The molecule has 1 aliphatic heterocycles. The van der Waals surface area contributed by atoms with Crippen LogP contribution in [0.3, 0.4) is 0 Å². The van der Waals surface area contributed by atoms with E-state index in [1.807, 2.05) is 29.7 Å². The number of hydrogen-bond donors (Lipinski definition) is 1. The molecule has 110 valence electrons. The van der Waals surface area contributed by atoms with Crippen molar-refractivity contribution in [3.05, 3.63) is 22.3 Å². The van der Waals surface area contributed by atoms with Crippen LogP contribution in [0.4, 0.5) is 5.82 Å². The molecule has 20 heavy (non-hydrogen) atoms. The number of nitrogens with one attached hydrogen (secondary N) is 1. The number of anilines is 1. The summed E-state index contributed by atoms with van der Waals surface area (Å²) in [7, 11) is 0. The van der Waals surface area contributed by atoms with Crippen LogP contribution in [0.2, 0.25) is 0 Å².